The molecule has 0 spiro atoms. The molecule has 212 valence electrons. The summed E-state index contributed by atoms with van der Waals surface area (Å²) in [5.41, 5.74) is 0.0724. The number of anilines is 1. The fraction of sp³-hybridized carbons (Fsp3) is 0.393. The van der Waals surface area contributed by atoms with Crippen LogP contribution in [0.25, 0.3) is 0 Å². The van der Waals surface area contributed by atoms with Crippen molar-refractivity contribution in [3.8, 4) is 10.8 Å². The van der Waals surface area contributed by atoms with E-state index in [1.807, 2.05) is 0 Å². The number of halogens is 1. The minimum atomic E-state index is -3.47. The molecule has 2 N–H and O–H groups in total. The molecule has 5 rings (SSSR count). The van der Waals surface area contributed by atoms with Gasteiger partial charge in [-0.25, -0.2) is 22.6 Å². The molecule has 1 amide bonds. The average molecular weight is 589 g/mol. The van der Waals surface area contributed by atoms with Crippen LogP contribution in [0.1, 0.15) is 73.5 Å². The number of carboxylic acids is 1. The number of carbonyl (C=O) groups excluding carboxylic acids is 1. The van der Waals surface area contributed by atoms with Crippen LogP contribution in [0.5, 0.6) is 10.8 Å². The third-order valence-corrected chi connectivity index (χ3v) is 10.3. The first-order valence-corrected chi connectivity index (χ1v) is 15.5. The van der Waals surface area contributed by atoms with Gasteiger partial charge in [0.1, 0.15) is 11.6 Å². The average Bonchev–Trinajstić information content (AvgIpc) is 3.32. The highest BCUT2D eigenvalue weighted by molar-refractivity contribution is 7.92. The zero-order valence-corrected chi connectivity index (χ0v) is 23.2. The highest BCUT2D eigenvalue weighted by Gasteiger charge is 2.32. The van der Waals surface area contributed by atoms with Crippen molar-refractivity contribution in [1.29, 1.82) is 0 Å². The van der Waals surface area contributed by atoms with E-state index in [4.69, 9.17) is 9.47 Å². The molecule has 0 saturated heterocycles. The molecule has 0 aliphatic heterocycles. The van der Waals surface area contributed by atoms with Crippen LogP contribution in [0.3, 0.4) is 0 Å². The van der Waals surface area contributed by atoms with E-state index < -0.39 is 44.6 Å². The number of rotatable bonds is 10. The van der Waals surface area contributed by atoms with Crippen molar-refractivity contribution in [2.24, 2.45) is 0 Å². The second-order valence-corrected chi connectivity index (χ2v) is 13.1. The monoisotopic (exact) mass is 588 g/mol. The molecule has 2 aromatic carbocycles. The molecule has 1 unspecified atom stereocenters. The van der Waals surface area contributed by atoms with E-state index in [2.05, 4.69) is 10.3 Å². The standard InChI is InChI=1S/C28H29FN2O7S2/c29-18-11-13-20(14-12-18)38-27-23(26(33)34)30-28(39-27)31-25(32)24(37-19-5-4-6-19)17-9-15-22(16-10-17)40(35,36)21-7-2-1-3-8-21/h9-16,19,21,24H,1-8H2,(H,33,34)(H,30,31,32). The first-order valence-electron chi connectivity index (χ1n) is 13.2. The molecule has 0 radical (unpaired) electrons. The fourth-order valence-electron chi connectivity index (χ4n) is 4.74. The summed E-state index contributed by atoms with van der Waals surface area (Å²) in [4.78, 5) is 29.4. The van der Waals surface area contributed by atoms with Crippen molar-refractivity contribution in [3.63, 3.8) is 0 Å². The lowest BCUT2D eigenvalue weighted by Gasteiger charge is -2.30. The molecule has 1 atom stereocenters. The summed E-state index contributed by atoms with van der Waals surface area (Å²) in [6.45, 7) is 0. The summed E-state index contributed by atoms with van der Waals surface area (Å²) >= 11 is 0.813. The Bertz CT molecular complexity index is 1460. The zero-order chi connectivity index (χ0) is 28.3. The van der Waals surface area contributed by atoms with Crippen LogP contribution < -0.4 is 10.1 Å². The quantitative estimate of drug-likeness (QED) is 0.289. The number of benzene rings is 2. The molecular weight excluding hydrogens is 559 g/mol. The maximum Gasteiger partial charge on any atom is 0.359 e. The van der Waals surface area contributed by atoms with Gasteiger partial charge in [-0.2, -0.15) is 0 Å². The number of amides is 1. The van der Waals surface area contributed by atoms with Gasteiger partial charge in [0, 0.05) is 0 Å². The summed E-state index contributed by atoms with van der Waals surface area (Å²) in [7, 11) is -3.47. The Labute approximate surface area is 235 Å². The van der Waals surface area contributed by atoms with Gasteiger partial charge < -0.3 is 14.6 Å². The minimum Gasteiger partial charge on any atom is -0.476 e. The number of nitrogens with zero attached hydrogens (tertiary/aromatic N) is 1. The molecule has 40 heavy (non-hydrogen) atoms. The van der Waals surface area contributed by atoms with E-state index in [0.29, 0.717) is 18.4 Å². The number of sulfone groups is 1. The lowest BCUT2D eigenvalue weighted by atomic mass is 9.95. The normalized spacial score (nSPS) is 17.1. The van der Waals surface area contributed by atoms with Crippen molar-refractivity contribution in [2.45, 2.75) is 73.7 Å². The van der Waals surface area contributed by atoms with Crippen LogP contribution in [-0.4, -0.2) is 41.7 Å². The smallest absolute Gasteiger partial charge is 0.359 e. The molecule has 0 bridgehead atoms. The number of hydrogen-bond donors (Lipinski definition) is 2. The summed E-state index contributed by atoms with van der Waals surface area (Å²) < 4.78 is 51.1. The number of carbonyl (C=O) groups is 2. The number of aromatic nitrogens is 1. The third kappa shape index (κ3) is 6.34. The van der Waals surface area contributed by atoms with Crippen molar-refractivity contribution in [2.75, 3.05) is 5.32 Å². The molecule has 12 heteroatoms. The second-order valence-electron chi connectivity index (χ2n) is 9.95. The van der Waals surface area contributed by atoms with Gasteiger partial charge in [-0.3, -0.25) is 10.1 Å². The number of ether oxygens (including phenoxy) is 2. The molecule has 2 aliphatic rings. The summed E-state index contributed by atoms with van der Waals surface area (Å²) in [5.74, 6) is -2.19. The van der Waals surface area contributed by atoms with Crippen LogP contribution in [-0.2, 0) is 19.4 Å². The maximum absolute atomic E-state index is 13.4. The minimum absolute atomic E-state index is 0.0155. The summed E-state index contributed by atoms with van der Waals surface area (Å²) in [6.07, 6.45) is 5.55. The van der Waals surface area contributed by atoms with Crippen LogP contribution >= 0.6 is 11.3 Å². The van der Waals surface area contributed by atoms with Crippen molar-refractivity contribution < 1.29 is 37.0 Å². The number of hydrogen-bond acceptors (Lipinski definition) is 8. The Morgan fingerprint density at radius 3 is 2.25 bits per heavy atom. The molecular formula is C28H29FN2O7S2. The van der Waals surface area contributed by atoms with Gasteiger partial charge >= 0.3 is 5.97 Å². The molecule has 3 aromatic rings. The van der Waals surface area contributed by atoms with E-state index in [9.17, 15) is 27.5 Å². The van der Waals surface area contributed by atoms with E-state index >= 15 is 0 Å². The molecule has 1 aromatic heterocycles. The number of thiazole rings is 1. The van der Waals surface area contributed by atoms with Crippen molar-refractivity contribution in [3.05, 3.63) is 65.6 Å². The molecule has 2 aliphatic carbocycles. The topological polar surface area (TPSA) is 132 Å². The van der Waals surface area contributed by atoms with Gasteiger partial charge in [0.2, 0.25) is 10.8 Å². The number of aromatic carboxylic acids is 1. The van der Waals surface area contributed by atoms with Crippen molar-refractivity contribution in [1.82, 2.24) is 4.98 Å². The molecule has 2 fully saturated rings. The first-order chi connectivity index (χ1) is 19.2. The van der Waals surface area contributed by atoms with Gasteiger partial charge in [0.25, 0.3) is 5.91 Å². The Morgan fingerprint density at radius 1 is 0.975 bits per heavy atom. The number of nitrogens with one attached hydrogen (secondary N) is 1. The highest BCUT2D eigenvalue weighted by Crippen LogP contribution is 2.37. The molecule has 1 heterocycles. The van der Waals surface area contributed by atoms with Crippen LogP contribution in [0.15, 0.2) is 53.4 Å². The van der Waals surface area contributed by atoms with E-state index in [1.165, 1.54) is 36.4 Å². The molecule has 9 nitrogen and oxygen atoms in total. The first kappa shape index (κ1) is 28.2. The zero-order valence-electron chi connectivity index (χ0n) is 21.5. The maximum atomic E-state index is 13.4. The van der Waals surface area contributed by atoms with E-state index in [1.54, 1.807) is 12.1 Å². The Hall–Kier alpha value is -3.35. The van der Waals surface area contributed by atoms with Gasteiger partial charge in [0.15, 0.2) is 21.1 Å². The van der Waals surface area contributed by atoms with Gasteiger partial charge in [0.05, 0.1) is 16.2 Å². The van der Waals surface area contributed by atoms with Crippen molar-refractivity contribution >= 4 is 38.2 Å². The lowest BCUT2D eigenvalue weighted by molar-refractivity contribution is -0.135. The lowest BCUT2D eigenvalue weighted by Crippen LogP contribution is -2.31. The van der Waals surface area contributed by atoms with Crippen LogP contribution in [0.2, 0.25) is 0 Å². The Kier molecular flexibility index (Phi) is 8.48. The van der Waals surface area contributed by atoms with Gasteiger partial charge in [-0.1, -0.05) is 42.7 Å². The summed E-state index contributed by atoms with van der Waals surface area (Å²) in [5, 5.41) is 11.7. The fourth-order valence-corrected chi connectivity index (χ4v) is 7.42. The molecule has 2 saturated carbocycles. The van der Waals surface area contributed by atoms with Gasteiger partial charge in [-0.05, 0) is 74.1 Å². The Morgan fingerprint density at radius 2 is 1.65 bits per heavy atom. The van der Waals surface area contributed by atoms with Crippen LogP contribution in [0, 0.1) is 5.82 Å². The van der Waals surface area contributed by atoms with E-state index in [-0.39, 0.29) is 26.9 Å². The van der Waals surface area contributed by atoms with Crippen LogP contribution in [0.4, 0.5) is 9.52 Å². The SMILES string of the molecule is O=C(O)c1nc(NC(=O)C(OC2CCC2)c2ccc(S(=O)(=O)C3CCCCC3)cc2)sc1Oc1ccc(F)cc1. The van der Waals surface area contributed by atoms with Gasteiger partial charge in [-0.15, -0.1) is 0 Å². The van der Waals surface area contributed by atoms with E-state index in [0.717, 1.165) is 49.9 Å². The largest absolute Gasteiger partial charge is 0.476 e. The highest BCUT2D eigenvalue weighted by atomic mass is 32.2. The Balaban J connectivity index is 1.35. The predicted molar refractivity (Wildman–Crippen MR) is 146 cm³/mol. The summed E-state index contributed by atoms with van der Waals surface area (Å²) in [6, 6.07) is 11.3. The number of carboxylic acid groups (broad SMARTS) is 1. The second kappa shape index (κ2) is 12.0. The predicted octanol–water partition coefficient (Wildman–Crippen LogP) is 6.13. The third-order valence-electron chi connectivity index (χ3n) is 7.17.